The predicted octanol–water partition coefficient (Wildman–Crippen LogP) is 11.5. The van der Waals surface area contributed by atoms with Gasteiger partial charge in [0, 0.05) is 11.3 Å². The summed E-state index contributed by atoms with van der Waals surface area (Å²) in [4.78, 5) is 5.11. The molecule has 0 saturated carbocycles. The molecule has 2 heteroatoms. The Kier molecular flexibility index (Phi) is 6.21. The van der Waals surface area contributed by atoms with Crippen LogP contribution in [0.4, 0.5) is 0 Å². The topological polar surface area (TPSA) is 17.8 Å². The van der Waals surface area contributed by atoms with E-state index in [9.17, 15) is 0 Å². The fourth-order valence-corrected chi connectivity index (χ4v) is 7.39. The number of hydrogen-bond donors (Lipinski definition) is 0. The first-order valence-electron chi connectivity index (χ1n) is 16.1. The van der Waals surface area contributed by atoms with Gasteiger partial charge in [-0.2, -0.15) is 0 Å². The van der Waals surface area contributed by atoms with E-state index >= 15 is 0 Å². The van der Waals surface area contributed by atoms with Crippen LogP contribution in [0.15, 0.2) is 152 Å². The number of fused-ring (bicyclic) bond motifs is 4. The van der Waals surface area contributed by atoms with Crippen LogP contribution in [0.1, 0.15) is 18.1 Å². The SMILES string of the molecule is CC1C=Cc2c(c(-c3ccc4ccccc4c3)c3ccccc3c2-c2ccc(-c3nc4ccccc4n3-c3ccccc3)cc2)C1. The van der Waals surface area contributed by atoms with Gasteiger partial charge >= 0.3 is 0 Å². The van der Waals surface area contributed by atoms with Gasteiger partial charge in [0.05, 0.1) is 11.0 Å². The number of rotatable bonds is 4. The fourth-order valence-electron chi connectivity index (χ4n) is 7.39. The Labute approximate surface area is 268 Å². The summed E-state index contributed by atoms with van der Waals surface area (Å²) in [6.45, 7) is 2.33. The molecule has 9 rings (SSSR count). The molecule has 0 saturated heterocycles. The summed E-state index contributed by atoms with van der Waals surface area (Å²) < 4.78 is 2.27. The van der Waals surface area contributed by atoms with Gasteiger partial charge in [0.15, 0.2) is 0 Å². The number of hydrogen-bond acceptors (Lipinski definition) is 1. The van der Waals surface area contributed by atoms with Gasteiger partial charge in [-0.3, -0.25) is 4.57 Å². The van der Waals surface area contributed by atoms with Crippen LogP contribution in [-0.4, -0.2) is 9.55 Å². The first kappa shape index (κ1) is 26.7. The zero-order chi connectivity index (χ0) is 30.6. The molecule has 0 bridgehead atoms. The predicted molar refractivity (Wildman–Crippen MR) is 194 cm³/mol. The van der Waals surface area contributed by atoms with Crippen LogP contribution in [0.5, 0.6) is 0 Å². The van der Waals surface area contributed by atoms with Crippen molar-refractivity contribution in [2.45, 2.75) is 13.3 Å². The van der Waals surface area contributed by atoms with Crippen molar-refractivity contribution in [1.29, 1.82) is 0 Å². The van der Waals surface area contributed by atoms with Crippen molar-refractivity contribution in [1.82, 2.24) is 9.55 Å². The average molecular weight is 589 g/mol. The molecule has 1 aromatic heterocycles. The first-order valence-corrected chi connectivity index (χ1v) is 16.1. The summed E-state index contributed by atoms with van der Waals surface area (Å²) in [5, 5.41) is 5.14. The van der Waals surface area contributed by atoms with Crippen molar-refractivity contribution in [3.8, 4) is 39.3 Å². The van der Waals surface area contributed by atoms with E-state index in [-0.39, 0.29) is 0 Å². The number of allylic oxidation sites excluding steroid dienone is 1. The van der Waals surface area contributed by atoms with Crippen LogP contribution in [-0.2, 0) is 6.42 Å². The Hall–Kier alpha value is -5.73. The monoisotopic (exact) mass is 588 g/mol. The van der Waals surface area contributed by atoms with Crippen molar-refractivity contribution in [2.75, 3.05) is 0 Å². The lowest BCUT2D eigenvalue weighted by Crippen LogP contribution is -2.08. The van der Waals surface area contributed by atoms with E-state index in [2.05, 4.69) is 169 Å². The molecule has 1 heterocycles. The van der Waals surface area contributed by atoms with E-state index in [4.69, 9.17) is 4.98 Å². The number of para-hydroxylation sites is 3. The van der Waals surface area contributed by atoms with Crippen molar-refractivity contribution in [3.05, 3.63) is 163 Å². The van der Waals surface area contributed by atoms with Crippen LogP contribution in [0.2, 0.25) is 0 Å². The summed E-state index contributed by atoms with van der Waals surface area (Å²) in [6, 6.07) is 52.5. The molecule has 0 fully saturated rings. The van der Waals surface area contributed by atoms with E-state index in [0.29, 0.717) is 5.92 Å². The van der Waals surface area contributed by atoms with E-state index in [1.165, 1.54) is 54.9 Å². The van der Waals surface area contributed by atoms with Crippen LogP contribution < -0.4 is 0 Å². The minimum absolute atomic E-state index is 0.481. The van der Waals surface area contributed by atoms with E-state index in [0.717, 1.165) is 34.5 Å². The molecule has 218 valence electrons. The summed E-state index contributed by atoms with van der Waals surface area (Å²) in [5.41, 5.74) is 12.3. The van der Waals surface area contributed by atoms with E-state index in [1.54, 1.807) is 0 Å². The second-order valence-corrected chi connectivity index (χ2v) is 12.5. The number of benzene rings is 7. The van der Waals surface area contributed by atoms with Crippen LogP contribution >= 0.6 is 0 Å². The molecule has 2 nitrogen and oxygen atoms in total. The van der Waals surface area contributed by atoms with Crippen LogP contribution in [0, 0.1) is 5.92 Å². The Morgan fingerprint density at radius 1 is 0.587 bits per heavy atom. The molecular weight excluding hydrogens is 556 g/mol. The molecule has 7 aromatic carbocycles. The quantitative estimate of drug-likeness (QED) is 0.200. The largest absolute Gasteiger partial charge is 0.292 e. The number of nitrogens with zero attached hydrogens (tertiary/aromatic N) is 2. The molecule has 0 amide bonds. The molecule has 1 aliphatic carbocycles. The maximum atomic E-state index is 5.11. The maximum Gasteiger partial charge on any atom is 0.145 e. The van der Waals surface area contributed by atoms with Crippen molar-refractivity contribution in [2.24, 2.45) is 5.92 Å². The van der Waals surface area contributed by atoms with Gasteiger partial charge in [-0.25, -0.2) is 4.98 Å². The highest BCUT2D eigenvalue weighted by Crippen LogP contribution is 2.46. The molecule has 46 heavy (non-hydrogen) atoms. The summed E-state index contributed by atoms with van der Waals surface area (Å²) in [7, 11) is 0. The zero-order valence-corrected chi connectivity index (χ0v) is 25.7. The van der Waals surface area contributed by atoms with Gasteiger partial charge in [0.1, 0.15) is 5.82 Å². The molecule has 0 N–H and O–H groups in total. The molecule has 0 aliphatic heterocycles. The lowest BCUT2D eigenvalue weighted by molar-refractivity contribution is 0.719. The highest BCUT2D eigenvalue weighted by Gasteiger charge is 2.24. The second-order valence-electron chi connectivity index (χ2n) is 12.5. The lowest BCUT2D eigenvalue weighted by Gasteiger charge is -2.26. The van der Waals surface area contributed by atoms with Crippen LogP contribution in [0.25, 0.3) is 78.0 Å². The highest BCUT2D eigenvalue weighted by molar-refractivity contribution is 6.10. The fraction of sp³-hybridized carbons (Fsp3) is 0.0682. The van der Waals surface area contributed by atoms with Gasteiger partial charge in [-0.15, -0.1) is 0 Å². The normalized spacial score (nSPS) is 14.2. The molecule has 8 aromatic rings. The Balaban J connectivity index is 1.24. The van der Waals surface area contributed by atoms with Crippen molar-refractivity contribution >= 4 is 38.7 Å². The third-order valence-corrected chi connectivity index (χ3v) is 9.52. The maximum absolute atomic E-state index is 5.11. The van der Waals surface area contributed by atoms with Gasteiger partial charge in [-0.1, -0.05) is 134 Å². The molecular formula is C44H32N2. The summed E-state index contributed by atoms with van der Waals surface area (Å²) in [5.74, 6) is 1.43. The van der Waals surface area contributed by atoms with Crippen molar-refractivity contribution < 1.29 is 0 Å². The molecule has 0 spiro atoms. The second kappa shape index (κ2) is 10.7. The molecule has 1 aliphatic rings. The molecule has 1 atom stereocenters. The standard InChI is InChI=1S/C44H32N2/c1-29-19-26-38-39(27-29)43(34-25-20-30-11-5-6-12-33(30)28-34)37-16-8-7-15-36(37)42(38)31-21-23-32(24-22-31)44-45-40-17-9-10-18-41(40)46(44)35-13-3-2-4-14-35/h2-26,28-29H,27H2,1H3. The number of imidazole rings is 1. The minimum Gasteiger partial charge on any atom is -0.292 e. The van der Waals surface area contributed by atoms with Gasteiger partial charge in [-0.05, 0) is 97.6 Å². The van der Waals surface area contributed by atoms with Crippen LogP contribution in [0.3, 0.4) is 0 Å². The van der Waals surface area contributed by atoms with Gasteiger partial charge < -0.3 is 0 Å². The highest BCUT2D eigenvalue weighted by atomic mass is 15.1. The summed E-state index contributed by atoms with van der Waals surface area (Å²) in [6.07, 6.45) is 5.77. The van der Waals surface area contributed by atoms with E-state index < -0.39 is 0 Å². The number of aromatic nitrogens is 2. The molecule has 1 unspecified atom stereocenters. The zero-order valence-electron chi connectivity index (χ0n) is 25.7. The van der Waals surface area contributed by atoms with Crippen molar-refractivity contribution in [3.63, 3.8) is 0 Å². The van der Waals surface area contributed by atoms with Gasteiger partial charge in [0.25, 0.3) is 0 Å². The molecule has 0 radical (unpaired) electrons. The lowest BCUT2D eigenvalue weighted by atomic mass is 9.78. The Morgan fingerprint density at radius 3 is 2.07 bits per heavy atom. The third-order valence-electron chi connectivity index (χ3n) is 9.52. The Morgan fingerprint density at radius 2 is 1.24 bits per heavy atom. The smallest absolute Gasteiger partial charge is 0.145 e. The first-order chi connectivity index (χ1) is 22.7. The summed E-state index contributed by atoms with van der Waals surface area (Å²) >= 11 is 0. The van der Waals surface area contributed by atoms with E-state index in [1.807, 2.05) is 0 Å². The Bertz CT molecular complexity index is 2450. The third kappa shape index (κ3) is 4.29. The average Bonchev–Trinajstić information content (AvgIpc) is 3.50. The van der Waals surface area contributed by atoms with Gasteiger partial charge in [0.2, 0.25) is 0 Å². The minimum atomic E-state index is 0.481.